The Hall–Kier alpha value is -0.660. The number of carbonyl (C=O) groups excluding carboxylic acids is 1. The highest BCUT2D eigenvalue weighted by molar-refractivity contribution is 7.86. The third kappa shape index (κ3) is 4.55. The van der Waals surface area contributed by atoms with Crippen LogP contribution in [-0.2, 0) is 15.0 Å². The van der Waals surface area contributed by atoms with Crippen LogP contribution in [0.1, 0.15) is 58.3 Å². The van der Waals surface area contributed by atoms with Crippen LogP contribution in [0.25, 0.3) is 0 Å². The van der Waals surface area contributed by atoms with Gasteiger partial charge in [-0.1, -0.05) is 19.8 Å². The molecule has 0 aromatic carbocycles. The Bertz CT molecular complexity index is 542. The second kappa shape index (κ2) is 8.35. The quantitative estimate of drug-likeness (QED) is 0.763. The maximum atomic E-state index is 12.9. The second-order valence-corrected chi connectivity index (χ2v) is 9.93. The molecule has 0 unspecified atom stereocenters. The van der Waals surface area contributed by atoms with Crippen LogP contribution >= 0.6 is 0 Å². The zero-order valence-electron chi connectivity index (χ0n) is 15.5. The first-order valence-electron chi connectivity index (χ1n) is 10.0. The number of carbonyl (C=O) groups is 1. The first-order chi connectivity index (χ1) is 12.0. The molecule has 144 valence electrons. The molecule has 0 saturated carbocycles. The van der Waals surface area contributed by atoms with Gasteiger partial charge in [-0.2, -0.15) is 17.0 Å². The number of likely N-dealkylation sites (tertiary alicyclic amines) is 1. The Balaban J connectivity index is 1.53. The van der Waals surface area contributed by atoms with E-state index in [1.165, 1.54) is 0 Å². The number of piperidine rings is 2. The van der Waals surface area contributed by atoms with Crippen molar-refractivity contribution in [1.82, 2.24) is 13.5 Å². The number of hydrogen-bond donors (Lipinski definition) is 0. The predicted molar refractivity (Wildman–Crippen MR) is 98.2 cm³/mol. The molecule has 0 aliphatic carbocycles. The summed E-state index contributed by atoms with van der Waals surface area (Å²) in [5, 5.41) is 0. The van der Waals surface area contributed by atoms with Crippen LogP contribution < -0.4 is 0 Å². The average molecular weight is 372 g/mol. The number of nitrogens with zero attached hydrogens (tertiary/aromatic N) is 3. The summed E-state index contributed by atoms with van der Waals surface area (Å²) >= 11 is 0. The average Bonchev–Trinajstić information content (AvgIpc) is 2.92. The molecule has 0 aromatic heterocycles. The molecule has 3 heterocycles. The van der Waals surface area contributed by atoms with E-state index in [2.05, 4.69) is 6.92 Å². The molecule has 3 fully saturated rings. The van der Waals surface area contributed by atoms with Crippen LogP contribution in [0.2, 0.25) is 0 Å². The van der Waals surface area contributed by atoms with Crippen LogP contribution in [0, 0.1) is 11.8 Å². The lowest BCUT2D eigenvalue weighted by Crippen LogP contribution is -2.50. The predicted octanol–water partition coefficient (Wildman–Crippen LogP) is 2.08. The van der Waals surface area contributed by atoms with Crippen molar-refractivity contribution in [2.45, 2.75) is 58.3 Å². The summed E-state index contributed by atoms with van der Waals surface area (Å²) in [5.41, 5.74) is 0. The SMILES string of the molecule is CC1CCN(C(=O)C2CCN(S(=O)(=O)N3CCCCCC3)CC2)CC1. The van der Waals surface area contributed by atoms with Gasteiger partial charge in [-0.3, -0.25) is 4.79 Å². The highest BCUT2D eigenvalue weighted by Gasteiger charge is 2.36. The van der Waals surface area contributed by atoms with Gasteiger partial charge < -0.3 is 4.90 Å². The van der Waals surface area contributed by atoms with Crippen LogP contribution in [0.4, 0.5) is 0 Å². The molecule has 3 aliphatic rings. The van der Waals surface area contributed by atoms with E-state index in [0.29, 0.717) is 44.9 Å². The van der Waals surface area contributed by atoms with Crippen molar-refractivity contribution in [2.24, 2.45) is 11.8 Å². The van der Waals surface area contributed by atoms with E-state index < -0.39 is 10.2 Å². The van der Waals surface area contributed by atoms with Gasteiger partial charge in [-0.05, 0) is 44.4 Å². The zero-order chi connectivity index (χ0) is 17.9. The van der Waals surface area contributed by atoms with Crippen molar-refractivity contribution in [3.8, 4) is 0 Å². The Morgan fingerprint density at radius 1 is 0.760 bits per heavy atom. The van der Waals surface area contributed by atoms with Crippen LogP contribution in [0.15, 0.2) is 0 Å². The monoisotopic (exact) mass is 371 g/mol. The van der Waals surface area contributed by atoms with E-state index in [1.807, 2.05) is 4.90 Å². The summed E-state index contributed by atoms with van der Waals surface area (Å²) in [6, 6.07) is 0. The van der Waals surface area contributed by atoms with Crippen molar-refractivity contribution in [2.75, 3.05) is 39.3 Å². The maximum absolute atomic E-state index is 12.9. The molecule has 0 atom stereocenters. The van der Waals surface area contributed by atoms with Crippen LogP contribution in [0.5, 0.6) is 0 Å². The van der Waals surface area contributed by atoms with E-state index in [4.69, 9.17) is 0 Å². The minimum absolute atomic E-state index is 0.00369. The largest absolute Gasteiger partial charge is 0.342 e. The van der Waals surface area contributed by atoms with E-state index in [9.17, 15) is 13.2 Å². The third-order valence-electron chi connectivity index (χ3n) is 6.12. The fourth-order valence-corrected chi connectivity index (χ4v) is 5.97. The first kappa shape index (κ1) is 19.1. The maximum Gasteiger partial charge on any atom is 0.281 e. The Morgan fingerprint density at radius 3 is 1.84 bits per heavy atom. The minimum atomic E-state index is -3.35. The molecule has 25 heavy (non-hydrogen) atoms. The molecule has 3 rings (SSSR count). The molecule has 0 spiro atoms. The molecule has 0 aromatic rings. The van der Waals surface area contributed by atoms with Gasteiger partial charge in [0.05, 0.1) is 0 Å². The van der Waals surface area contributed by atoms with Gasteiger partial charge in [0.1, 0.15) is 0 Å². The van der Waals surface area contributed by atoms with Gasteiger partial charge in [-0.15, -0.1) is 0 Å². The number of hydrogen-bond acceptors (Lipinski definition) is 3. The lowest BCUT2D eigenvalue weighted by Gasteiger charge is -2.37. The van der Waals surface area contributed by atoms with Gasteiger partial charge in [0, 0.05) is 45.2 Å². The summed E-state index contributed by atoms with van der Waals surface area (Å²) in [6.45, 7) is 6.24. The van der Waals surface area contributed by atoms with Crippen molar-refractivity contribution in [3.63, 3.8) is 0 Å². The Kier molecular flexibility index (Phi) is 6.39. The molecule has 0 N–H and O–H groups in total. The molecule has 0 radical (unpaired) electrons. The lowest BCUT2D eigenvalue weighted by molar-refractivity contribution is -0.138. The molecule has 7 heteroatoms. The molecular formula is C18H33N3O3S. The lowest BCUT2D eigenvalue weighted by atomic mass is 9.93. The zero-order valence-corrected chi connectivity index (χ0v) is 16.3. The second-order valence-electron chi connectivity index (χ2n) is 8.00. The smallest absolute Gasteiger partial charge is 0.281 e. The van der Waals surface area contributed by atoms with Crippen LogP contribution in [-0.4, -0.2) is 67.1 Å². The van der Waals surface area contributed by atoms with E-state index in [1.54, 1.807) is 8.61 Å². The van der Waals surface area contributed by atoms with Crippen molar-refractivity contribution >= 4 is 16.1 Å². The highest BCUT2D eigenvalue weighted by Crippen LogP contribution is 2.26. The first-order valence-corrected chi connectivity index (χ1v) is 11.4. The minimum Gasteiger partial charge on any atom is -0.342 e. The fourth-order valence-electron chi connectivity index (χ4n) is 4.26. The highest BCUT2D eigenvalue weighted by atomic mass is 32.2. The van der Waals surface area contributed by atoms with Gasteiger partial charge in [0.2, 0.25) is 5.91 Å². The third-order valence-corrected chi connectivity index (χ3v) is 8.15. The normalized spacial score (nSPS) is 26.5. The summed E-state index contributed by atoms with van der Waals surface area (Å²) in [5.74, 6) is 0.965. The molecular weight excluding hydrogens is 338 g/mol. The Labute approximate surface area is 152 Å². The molecule has 0 bridgehead atoms. The summed E-state index contributed by atoms with van der Waals surface area (Å²) in [7, 11) is -3.35. The Morgan fingerprint density at radius 2 is 1.28 bits per heavy atom. The fraction of sp³-hybridized carbons (Fsp3) is 0.944. The summed E-state index contributed by atoms with van der Waals surface area (Å²) in [4.78, 5) is 14.7. The van der Waals surface area contributed by atoms with Crippen LogP contribution in [0.3, 0.4) is 0 Å². The summed E-state index contributed by atoms with van der Waals surface area (Å²) in [6.07, 6.45) is 7.68. The molecule has 3 saturated heterocycles. The number of amides is 1. The standard InChI is InChI=1S/C18H33N3O3S/c1-16-6-12-19(13-7-16)18(22)17-8-14-21(15-9-17)25(23,24)20-10-4-2-3-5-11-20/h16-17H,2-15H2,1H3. The van der Waals surface area contributed by atoms with Crippen molar-refractivity contribution in [3.05, 3.63) is 0 Å². The summed E-state index contributed by atoms with van der Waals surface area (Å²) < 4.78 is 29.0. The van der Waals surface area contributed by atoms with Gasteiger partial charge in [0.25, 0.3) is 10.2 Å². The van der Waals surface area contributed by atoms with Crippen molar-refractivity contribution in [1.29, 1.82) is 0 Å². The topological polar surface area (TPSA) is 60.9 Å². The van der Waals surface area contributed by atoms with Gasteiger partial charge >= 0.3 is 0 Å². The van der Waals surface area contributed by atoms with Gasteiger partial charge in [0.15, 0.2) is 0 Å². The molecule has 6 nitrogen and oxygen atoms in total. The van der Waals surface area contributed by atoms with E-state index in [-0.39, 0.29) is 11.8 Å². The van der Waals surface area contributed by atoms with Crippen molar-refractivity contribution < 1.29 is 13.2 Å². The van der Waals surface area contributed by atoms with E-state index >= 15 is 0 Å². The van der Waals surface area contributed by atoms with Gasteiger partial charge in [-0.25, -0.2) is 0 Å². The molecule has 1 amide bonds. The van der Waals surface area contributed by atoms with E-state index in [0.717, 1.165) is 51.6 Å². The molecule has 3 aliphatic heterocycles. The number of rotatable bonds is 3.